The molecule has 1 unspecified atom stereocenters. The zero-order valence-electron chi connectivity index (χ0n) is 7.02. The maximum absolute atomic E-state index is 12.9. The monoisotopic (exact) mass is 218 g/mol. The zero-order chi connectivity index (χ0) is 10.8. The molecule has 0 saturated carbocycles. The second-order valence-corrected chi connectivity index (χ2v) is 3.15. The number of hydrogen-bond acceptors (Lipinski definition) is 2. The maximum atomic E-state index is 12.9. The first-order valence-electron chi connectivity index (χ1n) is 3.80. The van der Waals surface area contributed by atoms with Gasteiger partial charge in [0.15, 0.2) is 6.10 Å². The van der Waals surface area contributed by atoms with Crippen molar-refractivity contribution in [2.75, 3.05) is 0 Å². The summed E-state index contributed by atoms with van der Waals surface area (Å²) in [5.41, 5.74) is -0.0140. The van der Waals surface area contributed by atoms with Gasteiger partial charge in [0.2, 0.25) is 0 Å². The van der Waals surface area contributed by atoms with Crippen LogP contribution in [0.15, 0.2) is 30.3 Å². The number of carbonyl (C=O) groups is 1. The lowest BCUT2D eigenvalue weighted by Crippen LogP contribution is -2.32. The molecular weight excluding hydrogens is 210 g/mol. The molecule has 76 valence electrons. The Hall–Kier alpha value is -0.940. The Morgan fingerprint density at radius 1 is 1.36 bits per heavy atom. The molecule has 2 nitrogen and oxygen atoms in total. The maximum Gasteiger partial charge on any atom is 0.344 e. The topological polar surface area (TPSA) is 37.3 Å². The van der Waals surface area contributed by atoms with E-state index in [2.05, 4.69) is 12.6 Å². The molecule has 1 atom stereocenters. The minimum atomic E-state index is -3.86. The lowest BCUT2D eigenvalue weighted by molar-refractivity contribution is -0.151. The Balaban J connectivity index is 2.96. The lowest BCUT2D eigenvalue weighted by atomic mass is 10.0. The summed E-state index contributed by atoms with van der Waals surface area (Å²) in [5.74, 6) is -3.86. The van der Waals surface area contributed by atoms with E-state index in [9.17, 15) is 18.7 Å². The number of halogens is 2. The molecular formula is C9H8F2O2S. The van der Waals surface area contributed by atoms with Gasteiger partial charge in [-0.2, -0.15) is 8.78 Å². The third-order valence-corrected chi connectivity index (χ3v) is 2.04. The Morgan fingerprint density at radius 2 is 1.86 bits per heavy atom. The molecule has 0 saturated heterocycles. The van der Waals surface area contributed by atoms with Crippen molar-refractivity contribution in [1.82, 2.24) is 0 Å². The number of hydrogen-bond donors (Lipinski definition) is 2. The van der Waals surface area contributed by atoms with Crippen LogP contribution in [0.5, 0.6) is 0 Å². The van der Waals surface area contributed by atoms with E-state index in [1.54, 1.807) is 6.07 Å². The van der Waals surface area contributed by atoms with Gasteiger partial charge < -0.3 is 5.11 Å². The summed E-state index contributed by atoms with van der Waals surface area (Å²) in [6.07, 6.45) is -2.14. The number of aliphatic hydroxyl groups excluding tert-OH is 1. The Bertz CT molecular complexity index is 327. The molecule has 0 aliphatic carbocycles. The summed E-state index contributed by atoms with van der Waals surface area (Å²) >= 11 is 3.02. The lowest BCUT2D eigenvalue weighted by Gasteiger charge is -2.19. The minimum absolute atomic E-state index is 0.0140. The molecule has 0 aliphatic heterocycles. The van der Waals surface area contributed by atoms with E-state index in [0.717, 1.165) is 0 Å². The van der Waals surface area contributed by atoms with E-state index in [0.29, 0.717) is 0 Å². The van der Waals surface area contributed by atoms with Gasteiger partial charge in [-0.3, -0.25) is 4.79 Å². The Kier molecular flexibility index (Phi) is 3.23. The first-order valence-corrected chi connectivity index (χ1v) is 4.25. The van der Waals surface area contributed by atoms with E-state index in [1.807, 2.05) is 0 Å². The normalized spacial score (nSPS) is 13.7. The summed E-state index contributed by atoms with van der Waals surface area (Å²) in [5, 5.41) is 7.55. The van der Waals surface area contributed by atoms with Crippen molar-refractivity contribution >= 4 is 17.7 Å². The van der Waals surface area contributed by atoms with Gasteiger partial charge in [-0.05, 0) is 5.56 Å². The van der Waals surface area contributed by atoms with Gasteiger partial charge in [-0.25, -0.2) is 0 Å². The third kappa shape index (κ3) is 2.10. The van der Waals surface area contributed by atoms with Crippen molar-refractivity contribution in [1.29, 1.82) is 0 Å². The number of aliphatic hydroxyl groups is 1. The summed E-state index contributed by atoms with van der Waals surface area (Å²) in [6.45, 7) is 0. The highest BCUT2D eigenvalue weighted by Crippen LogP contribution is 2.32. The predicted molar refractivity (Wildman–Crippen MR) is 50.3 cm³/mol. The van der Waals surface area contributed by atoms with Gasteiger partial charge in [0.25, 0.3) is 5.12 Å². The van der Waals surface area contributed by atoms with Crippen LogP contribution in [0.4, 0.5) is 8.78 Å². The van der Waals surface area contributed by atoms with Crippen LogP contribution in [0.2, 0.25) is 0 Å². The molecule has 1 aromatic carbocycles. The highest BCUT2D eigenvalue weighted by atomic mass is 32.1. The largest absolute Gasteiger partial charge is 0.382 e. The molecule has 0 amide bonds. The third-order valence-electron chi connectivity index (χ3n) is 1.74. The Labute approximate surface area is 85.0 Å². The van der Waals surface area contributed by atoms with E-state index < -0.39 is 17.1 Å². The highest BCUT2D eigenvalue weighted by molar-refractivity contribution is 7.96. The SMILES string of the molecule is O=C(S)C(F)(F)C(O)c1ccccc1. The fourth-order valence-corrected chi connectivity index (χ4v) is 1.08. The summed E-state index contributed by atoms with van der Waals surface area (Å²) in [7, 11) is 0. The van der Waals surface area contributed by atoms with Crippen LogP contribution in [-0.2, 0) is 4.79 Å². The quantitative estimate of drug-likeness (QED) is 0.759. The first kappa shape index (κ1) is 11.1. The molecule has 1 aromatic rings. The van der Waals surface area contributed by atoms with E-state index in [1.165, 1.54) is 24.3 Å². The van der Waals surface area contributed by atoms with Gasteiger partial charge in [-0.1, -0.05) is 43.0 Å². The zero-order valence-corrected chi connectivity index (χ0v) is 7.92. The fourth-order valence-electron chi connectivity index (χ4n) is 0.962. The minimum Gasteiger partial charge on any atom is -0.382 e. The van der Waals surface area contributed by atoms with Crippen molar-refractivity contribution in [3.8, 4) is 0 Å². The van der Waals surface area contributed by atoms with Crippen molar-refractivity contribution in [2.45, 2.75) is 12.0 Å². The van der Waals surface area contributed by atoms with Crippen LogP contribution in [0.1, 0.15) is 11.7 Å². The van der Waals surface area contributed by atoms with Crippen LogP contribution < -0.4 is 0 Å². The summed E-state index contributed by atoms with van der Waals surface area (Å²) in [6, 6.07) is 7.25. The van der Waals surface area contributed by atoms with Crippen LogP contribution in [0.3, 0.4) is 0 Å². The van der Waals surface area contributed by atoms with Crippen LogP contribution >= 0.6 is 12.6 Å². The van der Waals surface area contributed by atoms with E-state index >= 15 is 0 Å². The van der Waals surface area contributed by atoms with Crippen LogP contribution in [-0.4, -0.2) is 16.1 Å². The average molecular weight is 218 g/mol. The smallest absolute Gasteiger partial charge is 0.344 e. The molecule has 5 heteroatoms. The van der Waals surface area contributed by atoms with Gasteiger partial charge in [0.05, 0.1) is 0 Å². The van der Waals surface area contributed by atoms with Crippen LogP contribution in [0, 0.1) is 0 Å². The van der Waals surface area contributed by atoms with Gasteiger partial charge in [0.1, 0.15) is 0 Å². The molecule has 1 N–H and O–H groups in total. The van der Waals surface area contributed by atoms with Crippen molar-refractivity contribution in [3.05, 3.63) is 35.9 Å². The second kappa shape index (κ2) is 4.06. The molecule has 0 heterocycles. The number of carbonyl (C=O) groups excluding carboxylic acids is 1. The molecule has 0 fully saturated rings. The molecule has 0 aromatic heterocycles. The summed E-state index contributed by atoms with van der Waals surface area (Å²) < 4.78 is 25.9. The average Bonchev–Trinajstić information content (AvgIpc) is 2.17. The number of rotatable bonds is 3. The van der Waals surface area contributed by atoms with Gasteiger partial charge in [0, 0.05) is 0 Å². The number of thiol groups is 1. The van der Waals surface area contributed by atoms with Crippen molar-refractivity contribution < 1.29 is 18.7 Å². The standard InChI is InChI=1S/C9H8F2O2S/c10-9(11,8(13)14)7(12)6-4-2-1-3-5-6/h1-5,7,12H,(H,13,14). The molecule has 0 aliphatic rings. The molecule has 0 radical (unpaired) electrons. The molecule has 0 spiro atoms. The second-order valence-electron chi connectivity index (χ2n) is 2.74. The highest BCUT2D eigenvalue weighted by Gasteiger charge is 2.45. The van der Waals surface area contributed by atoms with Crippen molar-refractivity contribution in [3.63, 3.8) is 0 Å². The van der Waals surface area contributed by atoms with Crippen LogP contribution in [0.25, 0.3) is 0 Å². The first-order chi connectivity index (χ1) is 6.46. The van der Waals surface area contributed by atoms with Gasteiger partial charge >= 0.3 is 5.92 Å². The molecule has 14 heavy (non-hydrogen) atoms. The molecule has 1 rings (SSSR count). The summed E-state index contributed by atoms with van der Waals surface area (Å²) in [4.78, 5) is 10.4. The Morgan fingerprint density at radius 3 is 2.29 bits per heavy atom. The van der Waals surface area contributed by atoms with Crippen molar-refractivity contribution in [2.24, 2.45) is 0 Å². The van der Waals surface area contributed by atoms with E-state index in [4.69, 9.17) is 0 Å². The fraction of sp³-hybridized carbons (Fsp3) is 0.222. The van der Waals surface area contributed by atoms with E-state index in [-0.39, 0.29) is 5.56 Å². The molecule has 0 bridgehead atoms. The predicted octanol–water partition coefficient (Wildman–Crippen LogP) is 1.81. The number of benzene rings is 1. The van der Waals surface area contributed by atoms with Gasteiger partial charge in [-0.15, -0.1) is 0 Å². The number of alkyl halides is 2.